The number of aromatic nitrogens is 3. The lowest BCUT2D eigenvalue weighted by atomic mass is 10.2. The molecule has 30 heavy (non-hydrogen) atoms. The molecule has 0 bridgehead atoms. The van der Waals surface area contributed by atoms with Crippen molar-refractivity contribution in [2.75, 3.05) is 11.1 Å². The first-order valence-corrected chi connectivity index (χ1v) is 11.2. The third-order valence-corrected chi connectivity index (χ3v) is 6.26. The lowest BCUT2D eigenvalue weighted by Crippen LogP contribution is -2.24. The minimum Gasteiger partial charge on any atom is -0.345 e. The Morgan fingerprint density at radius 1 is 1.10 bits per heavy atom. The molecular weight excluding hydrogens is 513 g/mol. The lowest BCUT2D eigenvalue weighted by molar-refractivity contribution is -0.113. The van der Waals surface area contributed by atoms with Gasteiger partial charge in [0, 0.05) is 22.8 Å². The molecule has 0 saturated heterocycles. The summed E-state index contributed by atoms with van der Waals surface area (Å²) < 4.78 is 2.67. The molecule has 0 spiro atoms. The van der Waals surface area contributed by atoms with Crippen LogP contribution in [0.15, 0.2) is 52.1 Å². The molecule has 0 saturated carbocycles. The number of amides is 2. The Morgan fingerprint density at radius 2 is 1.83 bits per heavy atom. The Hall–Kier alpha value is -2.07. The average Bonchev–Trinajstić information content (AvgIpc) is 3.08. The molecule has 1 aromatic heterocycles. The van der Waals surface area contributed by atoms with Gasteiger partial charge in [-0.2, -0.15) is 0 Å². The van der Waals surface area contributed by atoms with E-state index in [0.29, 0.717) is 32.3 Å². The fraction of sp³-hybridized carbons (Fsp3) is 0.158. The quantitative estimate of drug-likeness (QED) is 0.439. The third kappa shape index (κ3) is 5.98. The van der Waals surface area contributed by atoms with Gasteiger partial charge in [0.15, 0.2) is 11.0 Å². The number of benzene rings is 2. The van der Waals surface area contributed by atoms with E-state index in [2.05, 4.69) is 36.8 Å². The molecule has 0 aliphatic carbocycles. The molecule has 3 aromatic rings. The first kappa shape index (κ1) is 22.6. The fourth-order valence-electron chi connectivity index (χ4n) is 2.38. The molecule has 1 heterocycles. The summed E-state index contributed by atoms with van der Waals surface area (Å²) >= 11 is 16.4. The Bertz CT molecular complexity index is 1080. The van der Waals surface area contributed by atoms with Crippen molar-refractivity contribution in [2.45, 2.75) is 11.7 Å². The van der Waals surface area contributed by atoms with Gasteiger partial charge in [0.05, 0.1) is 22.3 Å². The highest BCUT2D eigenvalue weighted by atomic mass is 79.9. The van der Waals surface area contributed by atoms with E-state index in [-0.39, 0.29) is 24.1 Å². The Balaban J connectivity index is 1.52. The average molecular weight is 529 g/mol. The van der Waals surface area contributed by atoms with Crippen LogP contribution in [0.3, 0.4) is 0 Å². The largest absolute Gasteiger partial charge is 0.345 e. The maximum absolute atomic E-state index is 12.3. The van der Waals surface area contributed by atoms with Crippen molar-refractivity contribution in [3.63, 3.8) is 0 Å². The third-order valence-electron chi connectivity index (χ3n) is 3.97. The van der Waals surface area contributed by atoms with Crippen LogP contribution in [0.25, 0.3) is 0 Å². The number of hydrogen-bond acceptors (Lipinski definition) is 5. The second-order valence-corrected chi connectivity index (χ2v) is 8.79. The number of nitrogens with one attached hydrogen (secondary N) is 2. The van der Waals surface area contributed by atoms with E-state index in [1.165, 1.54) is 17.8 Å². The molecule has 0 fully saturated rings. The van der Waals surface area contributed by atoms with Gasteiger partial charge >= 0.3 is 0 Å². The second-order valence-electron chi connectivity index (χ2n) is 6.11. The first-order chi connectivity index (χ1) is 14.3. The van der Waals surface area contributed by atoms with Crippen molar-refractivity contribution in [3.8, 4) is 0 Å². The van der Waals surface area contributed by atoms with Crippen LogP contribution < -0.4 is 10.6 Å². The molecule has 2 amide bonds. The topological polar surface area (TPSA) is 88.9 Å². The van der Waals surface area contributed by atoms with Crippen LogP contribution in [0.4, 0.5) is 5.69 Å². The van der Waals surface area contributed by atoms with Crippen molar-refractivity contribution in [1.29, 1.82) is 0 Å². The summed E-state index contributed by atoms with van der Waals surface area (Å²) in [7, 11) is 1.77. The summed E-state index contributed by atoms with van der Waals surface area (Å²) in [5.74, 6) is 0.274. The van der Waals surface area contributed by atoms with Gasteiger partial charge in [0.2, 0.25) is 5.91 Å². The van der Waals surface area contributed by atoms with Crippen LogP contribution >= 0.6 is 50.9 Å². The van der Waals surface area contributed by atoms with E-state index >= 15 is 0 Å². The van der Waals surface area contributed by atoms with Gasteiger partial charge in [-0.1, -0.05) is 50.9 Å². The highest BCUT2D eigenvalue weighted by Crippen LogP contribution is 2.22. The molecule has 7 nitrogen and oxygen atoms in total. The monoisotopic (exact) mass is 527 g/mol. The SMILES string of the molecule is Cn1c(CNC(=O)c2ccc(Cl)c(Cl)c2)nnc1SCC(=O)Nc1ccc(Br)cc1. The second kappa shape index (κ2) is 10.3. The summed E-state index contributed by atoms with van der Waals surface area (Å²) in [5.41, 5.74) is 1.11. The van der Waals surface area contributed by atoms with E-state index in [0.717, 1.165) is 4.47 Å². The van der Waals surface area contributed by atoms with E-state index in [9.17, 15) is 9.59 Å². The van der Waals surface area contributed by atoms with Gasteiger partial charge in [-0.3, -0.25) is 9.59 Å². The maximum Gasteiger partial charge on any atom is 0.251 e. The van der Waals surface area contributed by atoms with Crippen LogP contribution in [0.1, 0.15) is 16.2 Å². The summed E-state index contributed by atoms with van der Waals surface area (Å²) in [5, 5.41) is 15.0. The molecule has 0 unspecified atom stereocenters. The van der Waals surface area contributed by atoms with Gasteiger partial charge in [0.1, 0.15) is 0 Å². The number of rotatable bonds is 7. The molecule has 11 heteroatoms. The summed E-state index contributed by atoms with van der Waals surface area (Å²) in [6.45, 7) is 0.175. The molecule has 156 valence electrons. The molecule has 0 atom stereocenters. The Morgan fingerprint density at radius 3 is 2.53 bits per heavy atom. The summed E-state index contributed by atoms with van der Waals surface area (Å²) in [6, 6.07) is 12.0. The van der Waals surface area contributed by atoms with E-state index in [4.69, 9.17) is 23.2 Å². The van der Waals surface area contributed by atoms with Crippen LogP contribution in [-0.4, -0.2) is 32.3 Å². The number of anilines is 1. The van der Waals surface area contributed by atoms with Crippen LogP contribution in [0, 0.1) is 0 Å². The van der Waals surface area contributed by atoms with E-state index in [1.54, 1.807) is 23.7 Å². The number of halogens is 3. The maximum atomic E-state index is 12.3. The number of nitrogens with zero attached hydrogens (tertiary/aromatic N) is 3. The number of thioether (sulfide) groups is 1. The van der Waals surface area contributed by atoms with Gasteiger partial charge < -0.3 is 15.2 Å². The van der Waals surface area contributed by atoms with Gasteiger partial charge in [-0.15, -0.1) is 10.2 Å². The predicted octanol–water partition coefficient (Wildman–Crippen LogP) is 4.55. The first-order valence-electron chi connectivity index (χ1n) is 8.63. The van der Waals surface area contributed by atoms with E-state index in [1.807, 2.05) is 24.3 Å². The van der Waals surface area contributed by atoms with Crippen LogP contribution in [-0.2, 0) is 18.4 Å². The molecule has 0 aliphatic heterocycles. The molecule has 2 N–H and O–H groups in total. The number of hydrogen-bond donors (Lipinski definition) is 2. The van der Waals surface area contributed by atoms with Crippen molar-refractivity contribution >= 4 is 68.4 Å². The summed E-state index contributed by atoms with van der Waals surface area (Å²) in [4.78, 5) is 24.4. The number of carbonyl (C=O) groups excluding carboxylic acids is 2. The van der Waals surface area contributed by atoms with Gasteiger partial charge in [-0.05, 0) is 42.5 Å². The Labute approximate surface area is 195 Å². The molecule has 3 rings (SSSR count). The van der Waals surface area contributed by atoms with Gasteiger partial charge in [-0.25, -0.2) is 0 Å². The lowest BCUT2D eigenvalue weighted by Gasteiger charge is -2.07. The fourth-order valence-corrected chi connectivity index (χ4v) is 3.68. The minimum absolute atomic E-state index is 0.153. The van der Waals surface area contributed by atoms with Crippen molar-refractivity contribution in [2.24, 2.45) is 7.05 Å². The van der Waals surface area contributed by atoms with Crippen LogP contribution in [0.5, 0.6) is 0 Å². The number of carbonyl (C=O) groups is 2. The smallest absolute Gasteiger partial charge is 0.251 e. The normalized spacial score (nSPS) is 10.7. The highest BCUT2D eigenvalue weighted by molar-refractivity contribution is 9.10. The van der Waals surface area contributed by atoms with Gasteiger partial charge in [0.25, 0.3) is 5.91 Å². The zero-order valence-corrected chi connectivity index (χ0v) is 19.6. The molecule has 0 aliphatic rings. The van der Waals surface area contributed by atoms with Crippen molar-refractivity contribution < 1.29 is 9.59 Å². The van der Waals surface area contributed by atoms with Crippen molar-refractivity contribution in [1.82, 2.24) is 20.1 Å². The van der Waals surface area contributed by atoms with E-state index < -0.39 is 0 Å². The Kier molecular flexibility index (Phi) is 7.76. The van der Waals surface area contributed by atoms with Crippen molar-refractivity contribution in [3.05, 3.63) is 68.4 Å². The standard InChI is InChI=1S/C19H16BrCl2N5O2S/c1-27-16(9-23-18(29)11-2-7-14(21)15(22)8-11)25-26-19(27)30-10-17(28)24-13-5-3-12(20)4-6-13/h2-8H,9-10H2,1H3,(H,23,29)(H,24,28). The molecular formula is C19H16BrCl2N5O2S. The summed E-state index contributed by atoms with van der Waals surface area (Å²) in [6.07, 6.45) is 0. The highest BCUT2D eigenvalue weighted by Gasteiger charge is 2.14. The molecule has 0 radical (unpaired) electrons. The molecule has 2 aromatic carbocycles. The van der Waals surface area contributed by atoms with Crippen LogP contribution in [0.2, 0.25) is 10.0 Å². The minimum atomic E-state index is -0.306. The zero-order chi connectivity index (χ0) is 21.7. The predicted molar refractivity (Wildman–Crippen MR) is 122 cm³/mol. The zero-order valence-electron chi connectivity index (χ0n) is 15.7.